The summed E-state index contributed by atoms with van der Waals surface area (Å²) in [5.74, 6) is 2.21. The quantitative estimate of drug-likeness (QED) is 0.361. The first-order chi connectivity index (χ1) is 18.3. The average Bonchev–Trinajstić information content (AvgIpc) is 3.33. The van der Waals surface area contributed by atoms with Crippen molar-refractivity contribution in [2.24, 2.45) is 10.9 Å². The van der Waals surface area contributed by atoms with E-state index in [1.54, 1.807) is 45.6 Å². The minimum atomic E-state index is -3.55. The van der Waals surface area contributed by atoms with E-state index in [1.807, 2.05) is 12.1 Å². The summed E-state index contributed by atoms with van der Waals surface area (Å²) < 4.78 is 51.5. The Bertz CT molecular complexity index is 1380. The van der Waals surface area contributed by atoms with Crippen LogP contribution in [0.25, 0.3) is 11.3 Å². The molecule has 0 spiro atoms. The summed E-state index contributed by atoms with van der Waals surface area (Å²) in [5.41, 5.74) is 2.59. The second-order valence-corrected chi connectivity index (χ2v) is 12.0. The smallest absolute Gasteiger partial charge is 0.243 e. The van der Waals surface area contributed by atoms with Crippen LogP contribution in [-0.2, 0) is 21.3 Å². The lowest BCUT2D eigenvalue weighted by atomic mass is 10.1. The van der Waals surface area contributed by atoms with Gasteiger partial charge in [-0.1, -0.05) is 13.8 Å². The second-order valence-electron chi connectivity index (χ2n) is 9.27. The molecule has 0 saturated carbocycles. The highest BCUT2D eigenvalue weighted by molar-refractivity contribution is 7.89. The molecule has 0 aliphatic carbocycles. The fraction of sp³-hybridized carbons (Fsp3) is 0.444. The standard InChI is InChI=1S/C27H35N3O6S2/c1-19(2)10-11-30-23(20-16-24(33-3)26(35-5)25(17-20)34-4)18-37-27(30)28-21-6-8-22(9-7-21)38(31,32)29-12-14-36-15-13-29/h6-9,16-19H,10-15H2,1-5H3. The molecular weight excluding hydrogens is 526 g/mol. The maximum atomic E-state index is 13.0. The van der Waals surface area contributed by atoms with Crippen LogP contribution in [0.4, 0.5) is 5.69 Å². The summed E-state index contributed by atoms with van der Waals surface area (Å²) in [4.78, 5) is 5.96. The van der Waals surface area contributed by atoms with Gasteiger partial charge in [0.15, 0.2) is 16.3 Å². The topological polar surface area (TPSA) is 91.6 Å². The molecule has 1 aliphatic heterocycles. The van der Waals surface area contributed by atoms with Crippen molar-refractivity contribution in [2.75, 3.05) is 47.6 Å². The Hall–Kier alpha value is -2.86. The molecule has 0 unspecified atom stereocenters. The lowest BCUT2D eigenvalue weighted by Gasteiger charge is -2.26. The molecule has 0 radical (unpaired) electrons. The van der Waals surface area contributed by atoms with E-state index in [0.29, 0.717) is 55.2 Å². The zero-order valence-electron chi connectivity index (χ0n) is 22.5. The van der Waals surface area contributed by atoms with Gasteiger partial charge in [-0.2, -0.15) is 4.31 Å². The first-order valence-corrected chi connectivity index (χ1v) is 14.8. The van der Waals surface area contributed by atoms with E-state index in [4.69, 9.17) is 23.9 Å². The monoisotopic (exact) mass is 561 g/mol. The predicted molar refractivity (Wildman–Crippen MR) is 148 cm³/mol. The van der Waals surface area contributed by atoms with Gasteiger partial charge in [0, 0.05) is 30.6 Å². The SMILES string of the molecule is COc1cc(-c2csc(=Nc3ccc(S(=O)(=O)N4CCOCC4)cc3)n2CCC(C)C)cc(OC)c1OC. The molecule has 9 nitrogen and oxygen atoms in total. The van der Waals surface area contributed by atoms with Gasteiger partial charge in [-0.3, -0.25) is 0 Å². The molecule has 0 atom stereocenters. The zero-order chi connectivity index (χ0) is 27.3. The predicted octanol–water partition coefficient (Wildman–Crippen LogP) is 4.54. The Morgan fingerprint density at radius 1 is 1.00 bits per heavy atom. The highest BCUT2D eigenvalue weighted by atomic mass is 32.2. The van der Waals surface area contributed by atoms with Gasteiger partial charge in [0.2, 0.25) is 15.8 Å². The molecule has 0 N–H and O–H groups in total. The van der Waals surface area contributed by atoms with Crippen LogP contribution in [0.5, 0.6) is 17.2 Å². The van der Waals surface area contributed by atoms with E-state index in [1.165, 1.54) is 15.6 Å². The number of nitrogens with zero attached hydrogens (tertiary/aromatic N) is 3. The number of morpholine rings is 1. The Labute approximate surface area is 228 Å². The molecule has 0 bridgehead atoms. The van der Waals surface area contributed by atoms with Gasteiger partial charge in [-0.05, 0) is 48.7 Å². The van der Waals surface area contributed by atoms with E-state index in [-0.39, 0.29) is 4.90 Å². The zero-order valence-corrected chi connectivity index (χ0v) is 24.1. The van der Waals surface area contributed by atoms with Gasteiger partial charge < -0.3 is 23.5 Å². The van der Waals surface area contributed by atoms with Crippen LogP contribution < -0.4 is 19.0 Å². The van der Waals surface area contributed by atoms with Gasteiger partial charge in [0.05, 0.1) is 50.8 Å². The number of rotatable bonds is 10. The van der Waals surface area contributed by atoms with Crippen LogP contribution in [0.3, 0.4) is 0 Å². The number of benzene rings is 2. The lowest BCUT2D eigenvalue weighted by Crippen LogP contribution is -2.40. The Morgan fingerprint density at radius 3 is 2.18 bits per heavy atom. The number of hydrogen-bond acceptors (Lipinski definition) is 8. The van der Waals surface area contributed by atoms with Crippen molar-refractivity contribution in [2.45, 2.75) is 31.7 Å². The minimum Gasteiger partial charge on any atom is -0.493 e. The van der Waals surface area contributed by atoms with Crippen LogP contribution in [0.1, 0.15) is 20.3 Å². The molecule has 1 fully saturated rings. The van der Waals surface area contributed by atoms with Crippen LogP contribution in [0, 0.1) is 5.92 Å². The summed E-state index contributed by atoms with van der Waals surface area (Å²) in [5, 5.41) is 2.07. The highest BCUT2D eigenvalue weighted by Gasteiger charge is 2.26. The molecule has 1 saturated heterocycles. The first-order valence-electron chi connectivity index (χ1n) is 12.5. The molecule has 3 aromatic rings. The average molecular weight is 562 g/mol. The van der Waals surface area contributed by atoms with Crippen molar-refractivity contribution in [1.82, 2.24) is 8.87 Å². The van der Waals surface area contributed by atoms with Crippen LogP contribution in [0.2, 0.25) is 0 Å². The molecule has 2 aromatic carbocycles. The van der Waals surface area contributed by atoms with E-state index in [9.17, 15) is 8.42 Å². The molecule has 2 heterocycles. The number of methoxy groups -OCH3 is 3. The third-order valence-corrected chi connectivity index (χ3v) is 9.13. The number of thiazole rings is 1. The van der Waals surface area contributed by atoms with Gasteiger partial charge in [0.25, 0.3) is 0 Å². The lowest BCUT2D eigenvalue weighted by molar-refractivity contribution is 0.0730. The van der Waals surface area contributed by atoms with Crippen molar-refractivity contribution in [1.29, 1.82) is 0 Å². The summed E-state index contributed by atoms with van der Waals surface area (Å²) in [6, 6.07) is 10.6. The normalized spacial score (nSPS) is 15.2. The third-order valence-electron chi connectivity index (χ3n) is 6.36. The van der Waals surface area contributed by atoms with Gasteiger partial charge >= 0.3 is 0 Å². The molecule has 1 aromatic heterocycles. The molecular formula is C27H35N3O6S2. The van der Waals surface area contributed by atoms with Crippen molar-refractivity contribution in [3.63, 3.8) is 0 Å². The minimum absolute atomic E-state index is 0.260. The van der Waals surface area contributed by atoms with Crippen LogP contribution >= 0.6 is 11.3 Å². The molecule has 0 amide bonds. The Morgan fingerprint density at radius 2 is 1.63 bits per heavy atom. The van der Waals surface area contributed by atoms with Gasteiger partial charge in [-0.25, -0.2) is 13.4 Å². The summed E-state index contributed by atoms with van der Waals surface area (Å²) in [6.07, 6.45) is 0.970. The maximum absolute atomic E-state index is 13.0. The fourth-order valence-corrected chi connectivity index (χ4v) is 6.58. The van der Waals surface area contributed by atoms with Crippen molar-refractivity contribution < 1.29 is 27.4 Å². The molecule has 11 heteroatoms. The van der Waals surface area contributed by atoms with E-state index >= 15 is 0 Å². The van der Waals surface area contributed by atoms with Crippen molar-refractivity contribution in [3.05, 3.63) is 46.6 Å². The van der Waals surface area contributed by atoms with E-state index < -0.39 is 10.0 Å². The van der Waals surface area contributed by atoms with Crippen LogP contribution in [-0.4, -0.2) is 64.9 Å². The number of hydrogen-bond donors (Lipinski definition) is 0. The number of aromatic nitrogens is 1. The first kappa shape index (κ1) is 28.2. The van der Waals surface area contributed by atoms with Gasteiger partial charge in [0.1, 0.15) is 0 Å². The summed E-state index contributed by atoms with van der Waals surface area (Å²) >= 11 is 1.53. The molecule has 4 rings (SSSR count). The number of ether oxygens (including phenoxy) is 4. The second kappa shape index (κ2) is 12.3. The Kier molecular flexibility index (Phi) is 9.14. The van der Waals surface area contributed by atoms with Crippen molar-refractivity contribution in [3.8, 4) is 28.5 Å². The largest absolute Gasteiger partial charge is 0.493 e. The van der Waals surface area contributed by atoms with Crippen molar-refractivity contribution >= 4 is 27.0 Å². The fourth-order valence-electron chi connectivity index (χ4n) is 4.22. The molecule has 206 valence electrons. The third kappa shape index (κ3) is 6.06. The molecule has 38 heavy (non-hydrogen) atoms. The molecule has 1 aliphatic rings. The maximum Gasteiger partial charge on any atom is 0.243 e. The number of sulfonamides is 1. The van der Waals surface area contributed by atoms with Crippen LogP contribution in [0.15, 0.2) is 51.7 Å². The summed E-state index contributed by atoms with van der Waals surface area (Å²) in [6.45, 7) is 6.71. The van der Waals surface area contributed by atoms with E-state index in [0.717, 1.165) is 29.0 Å². The Balaban J connectivity index is 1.73. The van der Waals surface area contributed by atoms with Gasteiger partial charge in [-0.15, -0.1) is 11.3 Å². The van der Waals surface area contributed by atoms with E-state index in [2.05, 4.69) is 23.8 Å². The highest BCUT2D eigenvalue weighted by Crippen LogP contribution is 2.41. The summed E-state index contributed by atoms with van der Waals surface area (Å²) in [7, 11) is 1.24.